The number of anilines is 1. The lowest BCUT2D eigenvalue weighted by Crippen LogP contribution is -2.14. The first-order valence-electron chi connectivity index (χ1n) is 9.98. The second-order valence-electron chi connectivity index (χ2n) is 7.47. The zero-order valence-electron chi connectivity index (χ0n) is 17.9. The Morgan fingerprint density at radius 1 is 1.00 bits per heavy atom. The summed E-state index contributed by atoms with van der Waals surface area (Å²) in [7, 11) is 1.43. The molecule has 0 atom stereocenters. The number of nitro groups is 1. The normalized spacial score (nSPS) is 10.7. The van der Waals surface area contributed by atoms with Crippen LogP contribution >= 0.6 is 0 Å². The van der Waals surface area contributed by atoms with Crippen molar-refractivity contribution in [3.05, 3.63) is 93.5 Å². The number of rotatable bonds is 5. The molecule has 0 saturated carbocycles. The van der Waals surface area contributed by atoms with Crippen LogP contribution in [0.1, 0.15) is 21.5 Å². The molecule has 7 nitrogen and oxygen atoms in total. The SMILES string of the molecule is COc1ccc(NC(=O)c2cc(-c3ccc(C)c(C)c3)nc3ccccc23)c([N+](=O)[O-])c1. The zero-order valence-corrected chi connectivity index (χ0v) is 17.9. The number of ether oxygens (including phenoxy) is 1. The molecule has 3 aromatic carbocycles. The molecule has 0 fully saturated rings. The average molecular weight is 427 g/mol. The van der Waals surface area contributed by atoms with E-state index in [4.69, 9.17) is 9.72 Å². The molecule has 4 aromatic rings. The molecule has 0 unspecified atom stereocenters. The minimum Gasteiger partial charge on any atom is -0.496 e. The van der Waals surface area contributed by atoms with Crippen molar-refractivity contribution in [2.45, 2.75) is 13.8 Å². The van der Waals surface area contributed by atoms with Crippen LogP contribution in [-0.4, -0.2) is 22.9 Å². The molecule has 0 radical (unpaired) electrons. The van der Waals surface area contributed by atoms with E-state index in [9.17, 15) is 14.9 Å². The highest BCUT2D eigenvalue weighted by Crippen LogP contribution is 2.31. The molecule has 0 aliphatic heterocycles. The third kappa shape index (κ3) is 4.00. The fourth-order valence-corrected chi connectivity index (χ4v) is 3.50. The molecule has 0 aliphatic rings. The van der Waals surface area contributed by atoms with Crippen LogP contribution in [0.15, 0.2) is 66.7 Å². The Hall–Kier alpha value is -4.26. The van der Waals surface area contributed by atoms with Gasteiger partial charge in [-0.2, -0.15) is 0 Å². The monoisotopic (exact) mass is 427 g/mol. The maximum Gasteiger partial charge on any atom is 0.296 e. The molecule has 1 aromatic heterocycles. The van der Waals surface area contributed by atoms with Crippen molar-refractivity contribution in [2.24, 2.45) is 0 Å². The Balaban J connectivity index is 1.81. The Bertz CT molecular complexity index is 1360. The second-order valence-corrected chi connectivity index (χ2v) is 7.47. The average Bonchev–Trinajstić information content (AvgIpc) is 2.80. The van der Waals surface area contributed by atoms with E-state index in [2.05, 4.69) is 5.32 Å². The molecule has 0 saturated heterocycles. The Morgan fingerprint density at radius 2 is 1.78 bits per heavy atom. The smallest absolute Gasteiger partial charge is 0.296 e. The highest BCUT2D eigenvalue weighted by molar-refractivity contribution is 6.13. The van der Waals surface area contributed by atoms with Gasteiger partial charge in [-0.3, -0.25) is 14.9 Å². The van der Waals surface area contributed by atoms with E-state index in [0.29, 0.717) is 27.9 Å². The predicted molar refractivity (Wildman–Crippen MR) is 124 cm³/mol. The topological polar surface area (TPSA) is 94.4 Å². The fourth-order valence-electron chi connectivity index (χ4n) is 3.50. The van der Waals surface area contributed by atoms with Gasteiger partial charge in [0.25, 0.3) is 11.6 Å². The lowest BCUT2D eigenvalue weighted by Gasteiger charge is -2.12. The Morgan fingerprint density at radius 3 is 2.50 bits per heavy atom. The van der Waals surface area contributed by atoms with Gasteiger partial charge in [0.2, 0.25) is 0 Å². The molecule has 32 heavy (non-hydrogen) atoms. The molecule has 0 bridgehead atoms. The maximum absolute atomic E-state index is 13.3. The van der Waals surface area contributed by atoms with Gasteiger partial charge < -0.3 is 10.1 Å². The summed E-state index contributed by atoms with van der Waals surface area (Å²) in [6, 6.07) is 19.4. The van der Waals surface area contributed by atoms with E-state index in [-0.39, 0.29) is 11.4 Å². The molecular formula is C25H21N3O4. The van der Waals surface area contributed by atoms with E-state index < -0.39 is 10.8 Å². The number of pyridine rings is 1. The molecule has 160 valence electrons. The van der Waals surface area contributed by atoms with Gasteiger partial charge in [-0.1, -0.05) is 30.3 Å². The first kappa shape index (κ1) is 21.0. The van der Waals surface area contributed by atoms with E-state index in [1.54, 1.807) is 12.1 Å². The highest BCUT2D eigenvalue weighted by Gasteiger charge is 2.20. The van der Waals surface area contributed by atoms with E-state index in [0.717, 1.165) is 11.1 Å². The Labute approximate surface area is 184 Å². The van der Waals surface area contributed by atoms with Crippen molar-refractivity contribution in [1.82, 2.24) is 4.98 Å². The number of aryl methyl sites for hydroxylation is 2. The molecular weight excluding hydrogens is 406 g/mol. The van der Waals surface area contributed by atoms with Gasteiger partial charge in [0.15, 0.2) is 0 Å². The summed E-state index contributed by atoms with van der Waals surface area (Å²) in [4.78, 5) is 29.0. The fraction of sp³-hybridized carbons (Fsp3) is 0.120. The summed E-state index contributed by atoms with van der Waals surface area (Å²) in [6.45, 7) is 4.06. The highest BCUT2D eigenvalue weighted by atomic mass is 16.6. The number of nitro benzene ring substituents is 1. The summed E-state index contributed by atoms with van der Waals surface area (Å²) in [5, 5.41) is 14.9. The number of carbonyl (C=O) groups is 1. The lowest BCUT2D eigenvalue weighted by molar-refractivity contribution is -0.384. The summed E-state index contributed by atoms with van der Waals surface area (Å²) >= 11 is 0. The lowest BCUT2D eigenvalue weighted by atomic mass is 10.0. The van der Waals surface area contributed by atoms with E-state index in [1.807, 2.05) is 56.3 Å². The van der Waals surface area contributed by atoms with Gasteiger partial charge in [-0.05, 0) is 55.3 Å². The summed E-state index contributed by atoms with van der Waals surface area (Å²) < 4.78 is 5.06. The van der Waals surface area contributed by atoms with Gasteiger partial charge in [0.1, 0.15) is 11.4 Å². The molecule has 0 aliphatic carbocycles. The first-order valence-corrected chi connectivity index (χ1v) is 9.98. The van der Waals surface area contributed by atoms with Crippen molar-refractivity contribution in [1.29, 1.82) is 0 Å². The Kier molecular flexibility index (Phi) is 5.55. The minimum absolute atomic E-state index is 0.0921. The summed E-state index contributed by atoms with van der Waals surface area (Å²) in [6.07, 6.45) is 0. The summed E-state index contributed by atoms with van der Waals surface area (Å²) in [5.41, 5.74) is 4.73. The third-order valence-electron chi connectivity index (χ3n) is 5.41. The second kappa shape index (κ2) is 8.47. The van der Waals surface area contributed by atoms with Gasteiger partial charge in [0, 0.05) is 10.9 Å². The number of carbonyl (C=O) groups excluding carboxylic acids is 1. The van der Waals surface area contributed by atoms with Gasteiger partial charge in [-0.25, -0.2) is 4.98 Å². The molecule has 1 amide bonds. The third-order valence-corrected chi connectivity index (χ3v) is 5.41. The standard InChI is InChI=1S/C25H21N3O4/c1-15-8-9-17(12-16(15)2)23-14-20(19-6-4-5-7-21(19)26-23)25(29)27-22-11-10-18(32-3)13-24(22)28(30)31/h4-14H,1-3H3,(H,27,29). The quantitative estimate of drug-likeness (QED) is 0.326. The van der Waals surface area contributed by atoms with Crippen molar-refractivity contribution in [2.75, 3.05) is 12.4 Å². The number of benzene rings is 3. The van der Waals surface area contributed by atoms with Gasteiger partial charge in [0.05, 0.1) is 34.9 Å². The van der Waals surface area contributed by atoms with E-state index in [1.165, 1.54) is 24.8 Å². The van der Waals surface area contributed by atoms with Crippen LogP contribution < -0.4 is 10.1 Å². The number of nitrogens with zero attached hydrogens (tertiary/aromatic N) is 2. The first-order chi connectivity index (χ1) is 15.4. The number of para-hydroxylation sites is 1. The van der Waals surface area contributed by atoms with Crippen LogP contribution in [0.2, 0.25) is 0 Å². The number of amides is 1. The zero-order chi connectivity index (χ0) is 22.8. The van der Waals surface area contributed by atoms with Crippen molar-refractivity contribution < 1.29 is 14.5 Å². The number of nitrogens with one attached hydrogen (secondary N) is 1. The van der Waals surface area contributed by atoms with Crippen LogP contribution in [0.25, 0.3) is 22.2 Å². The molecule has 7 heteroatoms. The van der Waals surface area contributed by atoms with Crippen LogP contribution in [-0.2, 0) is 0 Å². The van der Waals surface area contributed by atoms with Crippen molar-refractivity contribution in [3.8, 4) is 17.0 Å². The number of hydrogen-bond donors (Lipinski definition) is 1. The maximum atomic E-state index is 13.3. The molecule has 0 spiro atoms. The van der Waals surface area contributed by atoms with Gasteiger partial charge in [-0.15, -0.1) is 0 Å². The number of hydrogen-bond acceptors (Lipinski definition) is 5. The van der Waals surface area contributed by atoms with E-state index >= 15 is 0 Å². The predicted octanol–water partition coefficient (Wildman–Crippen LogP) is 5.69. The van der Waals surface area contributed by atoms with Crippen LogP contribution in [0.3, 0.4) is 0 Å². The van der Waals surface area contributed by atoms with Crippen LogP contribution in [0, 0.1) is 24.0 Å². The van der Waals surface area contributed by atoms with Crippen molar-refractivity contribution >= 4 is 28.2 Å². The number of aromatic nitrogens is 1. The summed E-state index contributed by atoms with van der Waals surface area (Å²) in [5.74, 6) is -0.122. The molecule has 4 rings (SSSR count). The molecule has 1 N–H and O–H groups in total. The van der Waals surface area contributed by atoms with Crippen molar-refractivity contribution in [3.63, 3.8) is 0 Å². The number of methoxy groups -OCH3 is 1. The largest absolute Gasteiger partial charge is 0.496 e. The van der Waals surface area contributed by atoms with Crippen LogP contribution in [0.4, 0.5) is 11.4 Å². The number of fused-ring (bicyclic) bond motifs is 1. The molecule has 1 heterocycles. The van der Waals surface area contributed by atoms with Crippen LogP contribution in [0.5, 0.6) is 5.75 Å². The minimum atomic E-state index is -0.552. The van der Waals surface area contributed by atoms with Gasteiger partial charge >= 0.3 is 0 Å².